The van der Waals surface area contributed by atoms with Crippen molar-refractivity contribution in [2.75, 3.05) is 0 Å². The zero-order valence-corrected chi connectivity index (χ0v) is 9.62. The Balaban J connectivity index is 2.20. The highest BCUT2D eigenvalue weighted by atomic mass is 32.2. The summed E-state index contributed by atoms with van der Waals surface area (Å²) in [6.07, 6.45) is -0.618. The molecule has 1 aliphatic heterocycles. The third kappa shape index (κ3) is 1.37. The number of rotatable bonds is 0. The number of aromatic nitrogens is 1. The Morgan fingerprint density at radius 2 is 2.25 bits per heavy atom. The van der Waals surface area contributed by atoms with E-state index in [2.05, 4.69) is 5.16 Å². The van der Waals surface area contributed by atoms with Crippen LogP contribution in [0, 0.1) is 6.92 Å². The number of thioether (sulfide) groups is 1. The van der Waals surface area contributed by atoms with Gasteiger partial charge in [-0.15, -0.1) is 11.8 Å². The average molecular weight is 233 g/mol. The van der Waals surface area contributed by atoms with Crippen LogP contribution in [0.25, 0.3) is 0 Å². The molecule has 1 aromatic carbocycles. The van der Waals surface area contributed by atoms with Gasteiger partial charge < -0.3 is 9.63 Å². The van der Waals surface area contributed by atoms with E-state index in [0.717, 1.165) is 33.2 Å². The van der Waals surface area contributed by atoms with Gasteiger partial charge in [0.2, 0.25) is 0 Å². The minimum atomic E-state index is -0.618. The van der Waals surface area contributed by atoms with Gasteiger partial charge in [-0.2, -0.15) is 0 Å². The normalized spacial score (nSPS) is 18.8. The standard InChI is InChI=1S/C12H11NO2S/c1-7-11-9(15-13-7)6-16-10-5-3-2-4-8(10)12(11)14/h2-5,12,14H,6H2,1H3. The Bertz CT molecular complexity index is 536. The molecular formula is C12H11NO2S. The molecule has 1 unspecified atom stereocenters. The maximum Gasteiger partial charge on any atom is 0.153 e. The average Bonchev–Trinajstić information content (AvgIpc) is 2.60. The van der Waals surface area contributed by atoms with Gasteiger partial charge in [-0.05, 0) is 18.6 Å². The molecule has 4 heteroatoms. The summed E-state index contributed by atoms with van der Waals surface area (Å²) in [5.41, 5.74) is 2.55. The van der Waals surface area contributed by atoms with Crippen LogP contribution in [0.4, 0.5) is 0 Å². The van der Waals surface area contributed by atoms with Gasteiger partial charge in [-0.1, -0.05) is 23.4 Å². The summed E-state index contributed by atoms with van der Waals surface area (Å²) in [6.45, 7) is 1.87. The molecule has 0 aliphatic carbocycles. The van der Waals surface area contributed by atoms with Crippen molar-refractivity contribution < 1.29 is 9.63 Å². The van der Waals surface area contributed by atoms with Crippen molar-refractivity contribution in [3.05, 3.63) is 46.8 Å². The summed E-state index contributed by atoms with van der Waals surface area (Å²) in [7, 11) is 0. The van der Waals surface area contributed by atoms with Crippen LogP contribution in [-0.2, 0) is 5.75 Å². The molecule has 0 bridgehead atoms. The number of aliphatic hydroxyl groups excluding tert-OH is 1. The summed E-state index contributed by atoms with van der Waals surface area (Å²) in [4.78, 5) is 1.11. The molecule has 1 aliphatic rings. The lowest BCUT2D eigenvalue weighted by molar-refractivity contribution is 0.215. The molecule has 1 atom stereocenters. The highest BCUT2D eigenvalue weighted by molar-refractivity contribution is 7.98. The maximum absolute atomic E-state index is 10.3. The summed E-state index contributed by atoms with van der Waals surface area (Å²) >= 11 is 1.68. The lowest BCUT2D eigenvalue weighted by Crippen LogP contribution is -2.01. The van der Waals surface area contributed by atoms with E-state index in [1.807, 2.05) is 31.2 Å². The van der Waals surface area contributed by atoms with Crippen molar-refractivity contribution in [3.63, 3.8) is 0 Å². The highest BCUT2D eigenvalue weighted by Crippen LogP contribution is 2.40. The molecule has 3 nitrogen and oxygen atoms in total. The largest absolute Gasteiger partial charge is 0.383 e. The molecular weight excluding hydrogens is 222 g/mol. The smallest absolute Gasteiger partial charge is 0.153 e. The van der Waals surface area contributed by atoms with Gasteiger partial charge in [-0.25, -0.2) is 0 Å². The van der Waals surface area contributed by atoms with E-state index < -0.39 is 6.10 Å². The molecule has 82 valence electrons. The Labute approximate surface area is 97.5 Å². The van der Waals surface area contributed by atoms with Crippen LogP contribution >= 0.6 is 11.8 Å². The molecule has 1 N–H and O–H groups in total. The minimum absolute atomic E-state index is 0.618. The Morgan fingerprint density at radius 3 is 3.12 bits per heavy atom. The van der Waals surface area contributed by atoms with Crippen LogP contribution < -0.4 is 0 Å². The van der Waals surface area contributed by atoms with E-state index in [1.165, 1.54) is 0 Å². The van der Waals surface area contributed by atoms with Gasteiger partial charge in [0.1, 0.15) is 6.10 Å². The van der Waals surface area contributed by atoms with Crippen LogP contribution in [0.3, 0.4) is 0 Å². The van der Waals surface area contributed by atoms with E-state index in [4.69, 9.17) is 4.52 Å². The lowest BCUT2D eigenvalue weighted by Gasteiger charge is -2.11. The van der Waals surface area contributed by atoms with Crippen molar-refractivity contribution >= 4 is 11.8 Å². The van der Waals surface area contributed by atoms with E-state index >= 15 is 0 Å². The molecule has 1 aromatic heterocycles. The van der Waals surface area contributed by atoms with E-state index in [-0.39, 0.29) is 0 Å². The zero-order chi connectivity index (χ0) is 11.1. The monoisotopic (exact) mass is 233 g/mol. The molecule has 3 rings (SSSR count). The lowest BCUT2D eigenvalue weighted by atomic mass is 10.0. The molecule has 0 saturated carbocycles. The fourth-order valence-electron chi connectivity index (χ4n) is 2.01. The Hall–Kier alpha value is -1.26. The predicted octanol–water partition coefficient (Wildman–Crippen LogP) is 2.67. The second kappa shape index (κ2) is 3.64. The summed E-state index contributed by atoms with van der Waals surface area (Å²) < 4.78 is 5.24. The predicted molar refractivity (Wildman–Crippen MR) is 61.3 cm³/mol. The van der Waals surface area contributed by atoms with Gasteiger partial charge in [0.25, 0.3) is 0 Å². The van der Waals surface area contributed by atoms with Crippen molar-refractivity contribution in [2.24, 2.45) is 0 Å². The number of benzene rings is 1. The van der Waals surface area contributed by atoms with Crippen LogP contribution in [0.1, 0.15) is 28.7 Å². The number of hydrogen-bond acceptors (Lipinski definition) is 4. The number of aryl methyl sites for hydroxylation is 1. The van der Waals surface area contributed by atoms with E-state index in [9.17, 15) is 5.11 Å². The molecule has 0 radical (unpaired) electrons. The van der Waals surface area contributed by atoms with Crippen LogP contribution in [0.15, 0.2) is 33.7 Å². The molecule has 16 heavy (non-hydrogen) atoms. The quantitative estimate of drug-likeness (QED) is 0.760. The topological polar surface area (TPSA) is 46.3 Å². The molecule has 0 spiro atoms. The first kappa shape index (κ1) is 9.93. The van der Waals surface area contributed by atoms with Gasteiger partial charge in [0, 0.05) is 4.90 Å². The summed E-state index contributed by atoms with van der Waals surface area (Å²) in [6, 6.07) is 7.90. The zero-order valence-electron chi connectivity index (χ0n) is 8.80. The van der Waals surface area contributed by atoms with Gasteiger partial charge >= 0.3 is 0 Å². The molecule has 0 fully saturated rings. The Morgan fingerprint density at radius 1 is 1.44 bits per heavy atom. The second-order valence-corrected chi connectivity index (χ2v) is 4.85. The second-order valence-electron chi connectivity index (χ2n) is 3.83. The first-order valence-corrected chi connectivity index (χ1v) is 6.11. The molecule has 0 saturated heterocycles. The van der Waals surface area contributed by atoms with Gasteiger partial charge in [0.05, 0.1) is 17.0 Å². The fraction of sp³-hybridized carbons (Fsp3) is 0.250. The molecule has 2 heterocycles. The van der Waals surface area contributed by atoms with Crippen LogP contribution in [0.5, 0.6) is 0 Å². The van der Waals surface area contributed by atoms with Crippen molar-refractivity contribution in [1.29, 1.82) is 0 Å². The number of hydrogen-bond donors (Lipinski definition) is 1. The SMILES string of the molecule is Cc1noc2c1C(O)c1ccccc1SC2. The van der Waals surface area contributed by atoms with E-state index in [0.29, 0.717) is 0 Å². The number of nitrogens with zero attached hydrogens (tertiary/aromatic N) is 1. The maximum atomic E-state index is 10.3. The number of aliphatic hydroxyl groups is 1. The Kier molecular flexibility index (Phi) is 2.26. The summed E-state index contributed by atoms with van der Waals surface area (Å²) in [5, 5.41) is 14.3. The van der Waals surface area contributed by atoms with Gasteiger partial charge in [0.15, 0.2) is 5.76 Å². The van der Waals surface area contributed by atoms with Crippen molar-refractivity contribution in [1.82, 2.24) is 5.16 Å². The first-order valence-electron chi connectivity index (χ1n) is 5.12. The van der Waals surface area contributed by atoms with E-state index in [1.54, 1.807) is 11.8 Å². The fourth-order valence-corrected chi connectivity index (χ4v) is 3.03. The highest BCUT2D eigenvalue weighted by Gasteiger charge is 2.27. The third-order valence-electron chi connectivity index (χ3n) is 2.83. The molecule has 0 amide bonds. The third-order valence-corrected chi connectivity index (χ3v) is 3.92. The first-order chi connectivity index (χ1) is 7.77. The number of fused-ring (bicyclic) bond motifs is 2. The van der Waals surface area contributed by atoms with Crippen molar-refractivity contribution in [2.45, 2.75) is 23.7 Å². The van der Waals surface area contributed by atoms with Crippen LogP contribution in [0.2, 0.25) is 0 Å². The summed E-state index contributed by atoms with van der Waals surface area (Å²) in [5.74, 6) is 1.51. The van der Waals surface area contributed by atoms with Gasteiger partial charge in [-0.3, -0.25) is 0 Å². The molecule has 2 aromatic rings. The van der Waals surface area contributed by atoms with Crippen LogP contribution in [-0.4, -0.2) is 10.3 Å². The minimum Gasteiger partial charge on any atom is -0.383 e. The van der Waals surface area contributed by atoms with Crippen molar-refractivity contribution in [3.8, 4) is 0 Å².